The van der Waals surface area contributed by atoms with Gasteiger partial charge in [-0.3, -0.25) is 14.4 Å². The monoisotopic (exact) mass is 492 g/mol. The highest BCUT2D eigenvalue weighted by Gasteiger charge is 2.36. The molecule has 9 heteroatoms. The van der Waals surface area contributed by atoms with Crippen molar-refractivity contribution in [2.24, 2.45) is 5.92 Å². The van der Waals surface area contributed by atoms with Crippen molar-refractivity contribution in [2.75, 3.05) is 30.0 Å². The molecule has 1 aliphatic carbocycles. The SMILES string of the molecule is CCOc1ccc(N2CC(C(=O)OCC(=O)Nc3c(C#N)c(C)c(C)n3C3CCCC3)CC2=O)cc1. The first kappa shape index (κ1) is 25.3. The number of anilines is 2. The lowest BCUT2D eigenvalue weighted by Gasteiger charge is -2.19. The van der Waals surface area contributed by atoms with Crippen LogP contribution in [0.4, 0.5) is 11.5 Å². The molecular formula is C27H32N4O5. The lowest BCUT2D eigenvalue weighted by Crippen LogP contribution is -2.28. The third-order valence-electron chi connectivity index (χ3n) is 7.08. The molecule has 1 saturated heterocycles. The van der Waals surface area contributed by atoms with Crippen molar-refractivity contribution < 1.29 is 23.9 Å². The summed E-state index contributed by atoms with van der Waals surface area (Å²) in [6.07, 6.45) is 4.25. The summed E-state index contributed by atoms with van der Waals surface area (Å²) in [5, 5.41) is 12.5. The summed E-state index contributed by atoms with van der Waals surface area (Å²) < 4.78 is 12.8. The van der Waals surface area contributed by atoms with E-state index in [9.17, 15) is 19.6 Å². The Morgan fingerprint density at radius 2 is 1.86 bits per heavy atom. The van der Waals surface area contributed by atoms with Crippen molar-refractivity contribution in [3.63, 3.8) is 0 Å². The highest BCUT2D eigenvalue weighted by atomic mass is 16.5. The van der Waals surface area contributed by atoms with Crippen molar-refractivity contribution in [3.8, 4) is 11.8 Å². The molecule has 2 aliphatic rings. The maximum Gasteiger partial charge on any atom is 0.311 e. The first-order valence-corrected chi connectivity index (χ1v) is 12.4. The van der Waals surface area contributed by atoms with Gasteiger partial charge in [0.1, 0.15) is 17.6 Å². The number of ether oxygens (including phenoxy) is 2. The number of nitrogens with zero attached hydrogens (tertiary/aromatic N) is 3. The molecule has 1 unspecified atom stereocenters. The van der Waals surface area contributed by atoms with E-state index >= 15 is 0 Å². The van der Waals surface area contributed by atoms with Gasteiger partial charge in [0.25, 0.3) is 5.91 Å². The van der Waals surface area contributed by atoms with Gasteiger partial charge >= 0.3 is 5.97 Å². The molecule has 1 aromatic heterocycles. The summed E-state index contributed by atoms with van der Waals surface area (Å²) >= 11 is 0. The van der Waals surface area contributed by atoms with Crippen molar-refractivity contribution in [1.82, 2.24) is 4.57 Å². The number of benzene rings is 1. The minimum Gasteiger partial charge on any atom is -0.494 e. The van der Waals surface area contributed by atoms with Gasteiger partial charge in [-0.1, -0.05) is 12.8 Å². The molecule has 1 aromatic carbocycles. The lowest BCUT2D eigenvalue weighted by molar-refractivity contribution is -0.151. The van der Waals surface area contributed by atoms with Crippen molar-refractivity contribution in [2.45, 2.75) is 58.9 Å². The Labute approximate surface area is 211 Å². The standard InChI is InChI=1S/C27H32N4O5/c1-4-35-22-11-9-20(10-12-22)30-15-19(13-25(30)33)27(34)36-16-24(32)29-26-23(14-28)17(2)18(3)31(26)21-7-5-6-8-21/h9-12,19,21H,4-8,13,15-16H2,1-3H3,(H,29,32). The van der Waals surface area contributed by atoms with E-state index in [2.05, 4.69) is 11.4 Å². The van der Waals surface area contributed by atoms with Crippen LogP contribution in [0.5, 0.6) is 5.75 Å². The third-order valence-corrected chi connectivity index (χ3v) is 7.08. The van der Waals surface area contributed by atoms with Gasteiger partial charge < -0.3 is 24.3 Å². The number of hydrogen-bond donors (Lipinski definition) is 1. The number of amides is 2. The topological polar surface area (TPSA) is 114 Å². The Morgan fingerprint density at radius 3 is 2.50 bits per heavy atom. The van der Waals surface area contributed by atoms with Crippen LogP contribution in [-0.2, 0) is 19.1 Å². The second-order valence-corrected chi connectivity index (χ2v) is 9.34. The summed E-state index contributed by atoms with van der Waals surface area (Å²) in [6, 6.07) is 9.56. The zero-order valence-corrected chi connectivity index (χ0v) is 21.0. The molecule has 1 atom stereocenters. The molecule has 2 aromatic rings. The highest BCUT2D eigenvalue weighted by molar-refractivity contribution is 6.00. The summed E-state index contributed by atoms with van der Waals surface area (Å²) in [5.74, 6) is -0.754. The Balaban J connectivity index is 1.37. The van der Waals surface area contributed by atoms with Gasteiger partial charge in [0.2, 0.25) is 5.91 Å². The zero-order valence-electron chi connectivity index (χ0n) is 21.0. The van der Waals surface area contributed by atoms with Gasteiger partial charge in [-0.25, -0.2) is 0 Å². The van der Waals surface area contributed by atoms with Crippen LogP contribution in [0.25, 0.3) is 0 Å². The van der Waals surface area contributed by atoms with Gasteiger partial charge in [-0.2, -0.15) is 5.26 Å². The molecule has 2 fully saturated rings. The fourth-order valence-corrected chi connectivity index (χ4v) is 5.13. The summed E-state index contributed by atoms with van der Waals surface area (Å²) in [7, 11) is 0. The predicted octanol–water partition coefficient (Wildman–Crippen LogP) is 4.03. The molecule has 0 radical (unpaired) electrons. The number of hydrogen-bond acceptors (Lipinski definition) is 6. The Hall–Kier alpha value is -3.80. The number of nitriles is 1. The molecule has 0 bridgehead atoms. The average molecular weight is 493 g/mol. The van der Waals surface area contributed by atoms with Crippen LogP contribution in [0.15, 0.2) is 24.3 Å². The van der Waals surface area contributed by atoms with Crippen LogP contribution in [0.2, 0.25) is 0 Å². The molecule has 1 N–H and O–H groups in total. The molecular weight excluding hydrogens is 460 g/mol. The Morgan fingerprint density at radius 1 is 1.17 bits per heavy atom. The van der Waals surface area contributed by atoms with Crippen molar-refractivity contribution in [1.29, 1.82) is 5.26 Å². The predicted molar refractivity (Wildman–Crippen MR) is 134 cm³/mol. The number of esters is 1. The van der Waals surface area contributed by atoms with Gasteiger partial charge in [0.05, 0.1) is 18.1 Å². The lowest BCUT2D eigenvalue weighted by atomic mass is 10.1. The van der Waals surface area contributed by atoms with E-state index in [1.807, 2.05) is 25.3 Å². The second-order valence-electron chi connectivity index (χ2n) is 9.34. The number of carbonyl (C=O) groups excluding carboxylic acids is 3. The maximum atomic E-state index is 12.7. The minimum absolute atomic E-state index is 0.0230. The van der Waals surface area contributed by atoms with Gasteiger partial charge in [-0.15, -0.1) is 0 Å². The normalized spacial score (nSPS) is 17.8. The smallest absolute Gasteiger partial charge is 0.311 e. The van der Waals surface area contributed by atoms with Gasteiger partial charge in [0, 0.05) is 30.4 Å². The number of aromatic nitrogens is 1. The van der Waals surface area contributed by atoms with Crippen LogP contribution in [0, 0.1) is 31.1 Å². The van der Waals surface area contributed by atoms with E-state index in [-0.39, 0.29) is 24.9 Å². The average Bonchev–Trinajstić information content (AvgIpc) is 3.58. The first-order valence-electron chi connectivity index (χ1n) is 12.4. The summed E-state index contributed by atoms with van der Waals surface area (Å²) in [5.41, 5.74) is 2.92. The van der Waals surface area contributed by atoms with E-state index < -0.39 is 24.4 Å². The second kappa shape index (κ2) is 10.9. The van der Waals surface area contributed by atoms with E-state index in [1.54, 1.807) is 29.2 Å². The molecule has 190 valence electrons. The van der Waals surface area contributed by atoms with Crippen molar-refractivity contribution in [3.05, 3.63) is 41.1 Å². The Kier molecular flexibility index (Phi) is 7.63. The van der Waals surface area contributed by atoms with Crippen molar-refractivity contribution >= 4 is 29.3 Å². The number of carbonyl (C=O) groups is 3. The third kappa shape index (κ3) is 5.08. The van der Waals surface area contributed by atoms with Crippen LogP contribution < -0.4 is 15.0 Å². The summed E-state index contributed by atoms with van der Waals surface area (Å²) in [6.45, 7) is 5.98. The molecule has 1 saturated carbocycles. The van der Waals surface area contributed by atoms with Gasteiger partial charge in [-0.05, 0) is 63.4 Å². The zero-order chi connectivity index (χ0) is 25.8. The van der Waals surface area contributed by atoms with E-state index in [0.29, 0.717) is 29.4 Å². The number of nitrogens with one attached hydrogen (secondary N) is 1. The maximum absolute atomic E-state index is 12.7. The minimum atomic E-state index is -0.654. The van der Waals surface area contributed by atoms with E-state index in [1.165, 1.54) is 0 Å². The fraction of sp³-hybridized carbons (Fsp3) is 0.481. The molecule has 9 nitrogen and oxygen atoms in total. The van der Waals surface area contributed by atoms with Crippen LogP contribution >= 0.6 is 0 Å². The quantitative estimate of drug-likeness (QED) is 0.557. The van der Waals surface area contributed by atoms with Crippen LogP contribution in [0.3, 0.4) is 0 Å². The van der Waals surface area contributed by atoms with Crippen LogP contribution in [0.1, 0.15) is 61.9 Å². The molecule has 1 aliphatic heterocycles. The van der Waals surface area contributed by atoms with E-state index in [0.717, 1.165) is 36.9 Å². The van der Waals surface area contributed by atoms with E-state index in [4.69, 9.17) is 9.47 Å². The largest absolute Gasteiger partial charge is 0.494 e. The molecule has 36 heavy (non-hydrogen) atoms. The molecule has 2 amide bonds. The number of rotatable bonds is 8. The summed E-state index contributed by atoms with van der Waals surface area (Å²) in [4.78, 5) is 39.4. The highest BCUT2D eigenvalue weighted by Crippen LogP contribution is 2.37. The fourth-order valence-electron chi connectivity index (χ4n) is 5.13. The molecule has 2 heterocycles. The first-order chi connectivity index (χ1) is 17.3. The molecule has 0 spiro atoms. The molecule has 4 rings (SSSR count). The van der Waals surface area contributed by atoms with Gasteiger partial charge in [0.15, 0.2) is 6.61 Å². The Bertz CT molecular complexity index is 1190. The van der Waals surface area contributed by atoms with Crippen LogP contribution in [-0.4, -0.2) is 42.1 Å².